The van der Waals surface area contributed by atoms with E-state index in [9.17, 15) is 32.4 Å². The number of aryl methyl sites for hydroxylation is 3. The molecule has 0 aliphatic carbocycles. The fourth-order valence-electron chi connectivity index (χ4n) is 4.75. The van der Waals surface area contributed by atoms with Crippen LogP contribution in [0.15, 0.2) is 75.4 Å². The Morgan fingerprint density at radius 3 is 2.22 bits per heavy atom. The van der Waals surface area contributed by atoms with Crippen molar-refractivity contribution in [3.8, 4) is 5.82 Å². The first-order valence-corrected chi connectivity index (χ1v) is 16.5. The van der Waals surface area contributed by atoms with E-state index in [1.807, 2.05) is 4.72 Å². The van der Waals surface area contributed by atoms with E-state index in [1.54, 1.807) is 33.8 Å². The lowest BCUT2D eigenvalue weighted by atomic mass is 9.90. The minimum Gasteiger partial charge on any atom is -0.347 e. The van der Waals surface area contributed by atoms with Crippen molar-refractivity contribution in [2.75, 3.05) is 4.72 Å². The number of nitrogens with one attached hydrogen (secondary N) is 3. The Bertz CT molecular complexity index is 2160. The third-order valence-electron chi connectivity index (χ3n) is 7.29. The molecule has 3 N–H and O–H groups in total. The molecule has 50 heavy (non-hydrogen) atoms. The predicted molar refractivity (Wildman–Crippen MR) is 181 cm³/mol. The highest BCUT2D eigenvalue weighted by atomic mass is 32.2. The molecule has 0 saturated heterocycles. The van der Waals surface area contributed by atoms with Crippen LogP contribution < -0.4 is 26.6 Å². The predicted octanol–water partition coefficient (Wildman–Crippen LogP) is 2.27. The summed E-state index contributed by atoms with van der Waals surface area (Å²) in [7, 11) is 2.50. The standard InChI is InChI=1S/C33H33BF2N6O7S/c1-18-17-41(5)32(47)42(31(18)46)27-13-7-19(16-37-27)6-12-25(28(34)43)38-30(45)22-14-24(36)26(15-23(22)35)40-50(48,49)21-10-8-20(9-11-21)29(44)39-33(2,3)4/h7-11,13-17,25,40H,6,12H2,1-5H3,(H,38,45)(H,39,44)/t25-/m0/s1. The number of halogens is 2. The highest BCUT2D eigenvalue weighted by Gasteiger charge is 2.24. The van der Waals surface area contributed by atoms with Gasteiger partial charge in [-0.15, -0.1) is 0 Å². The van der Waals surface area contributed by atoms with E-state index >= 15 is 8.78 Å². The van der Waals surface area contributed by atoms with Gasteiger partial charge in [-0.1, -0.05) is 6.07 Å². The second-order valence-electron chi connectivity index (χ2n) is 12.5. The summed E-state index contributed by atoms with van der Waals surface area (Å²) in [5.74, 6) is -4.13. The monoisotopic (exact) mass is 706 g/mol. The smallest absolute Gasteiger partial charge is 0.336 e. The maximum absolute atomic E-state index is 15.0. The molecule has 4 rings (SSSR count). The summed E-state index contributed by atoms with van der Waals surface area (Å²) in [5.41, 5.74) is -3.18. The molecule has 0 aliphatic rings. The lowest BCUT2D eigenvalue weighted by molar-refractivity contribution is -0.113. The van der Waals surface area contributed by atoms with Crippen molar-refractivity contribution in [3.05, 3.63) is 116 Å². The number of nitrogens with zero attached hydrogens (tertiary/aromatic N) is 3. The first kappa shape index (κ1) is 37.4. The van der Waals surface area contributed by atoms with E-state index in [2.05, 4.69) is 15.6 Å². The third-order valence-corrected chi connectivity index (χ3v) is 8.67. The van der Waals surface area contributed by atoms with E-state index < -0.39 is 73.2 Å². The number of anilines is 1. The van der Waals surface area contributed by atoms with E-state index in [-0.39, 0.29) is 29.1 Å². The minimum atomic E-state index is -4.44. The van der Waals surface area contributed by atoms with Gasteiger partial charge in [-0.25, -0.2) is 31.5 Å². The van der Waals surface area contributed by atoms with Crippen molar-refractivity contribution in [2.45, 2.75) is 57.0 Å². The van der Waals surface area contributed by atoms with Crippen LogP contribution in [-0.2, 0) is 28.3 Å². The number of rotatable bonds is 11. The highest BCUT2D eigenvalue weighted by Crippen LogP contribution is 2.24. The first-order chi connectivity index (χ1) is 23.3. The number of benzene rings is 2. The van der Waals surface area contributed by atoms with Crippen LogP contribution in [0.2, 0.25) is 0 Å². The van der Waals surface area contributed by atoms with Crippen LogP contribution in [0.25, 0.3) is 5.82 Å². The van der Waals surface area contributed by atoms with Gasteiger partial charge in [0.2, 0.25) is 0 Å². The molecule has 0 spiro atoms. The molecule has 2 radical (unpaired) electrons. The summed E-state index contributed by atoms with van der Waals surface area (Å²) in [4.78, 5) is 66.2. The number of carbonyl (C=O) groups excluding carboxylic acids is 3. The second-order valence-corrected chi connectivity index (χ2v) is 14.2. The Hall–Kier alpha value is -5.45. The topological polar surface area (TPSA) is 178 Å². The van der Waals surface area contributed by atoms with Gasteiger partial charge in [0.05, 0.1) is 27.9 Å². The molecule has 0 bridgehead atoms. The molecular formula is C33H33BF2N6O7S. The van der Waals surface area contributed by atoms with Crippen LogP contribution in [0, 0.1) is 18.6 Å². The highest BCUT2D eigenvalue weighted by molar-refractivity contribution is 7.92. The summed E-state index contributed by atoms with van der Waals surface area (Å²) in [5, 5.41) is 4.99. The van der Waals surface area contributed by atoms with Crippen LogP contribution in [0.5, 0.6) is 0 Å². The van der Waals surface area contributed by atoms with Gasteiger partial charge in [0.25, 0.3) is 27.4 Å². The molecule has 0 fully saturated rings. The average Bonchev–Trinajstić information content (AvgIpc) is 3.03. The summed E-state index contributed by atoms with van der Waals surface area (Å²) < 4.78 is 59.9. The van der Waals surface area contributed by atoms with Crippen LogP contribution >= 0.6 is 0 Å². The fourth-order valence-corrected chi connectivity index (χ4v) is 5.81. The number of hydrogen-bond donors (Lipinski definition) is 3. The lowest BCUT2D eigenvalue weighted by Gasteiger charge is -2.20. The Balaban J connectivity index is 1.44. The number of carbonyl (C=O) groups is 3. The normalized spacial score (nSPS) is 12.2. The average molecular weight is 707 g/mol. The van der Waals surface area contributed by atoms with Gasteiger partial charge < -0.3 is 20.0 Å². The van der Waals surface area contributed by atoms with Crippen LogP contribution in [-0.4, -0.2) is 59.5 Å². The lowest BCUT2D eigenvalue weighted by Crippen LogP contribution is -2.41. The van der Waals surface area contributed by atoms with Crippen molar-refractivity contribution in [1.82, 2.24) is 24.8 Å². The summed E-state index contributed by atoms with van der Waals surface area (Å²) in [6, 6.07) is 7.39. The van der Waals surface area contributed by atoms with Crippen LogP contribution in [0.3, 0.4) is 0 Å². The molecule has 2 amide bonds. The van der Waals surface area contributed by atoms with Crippen LogP contribution in [0.4, 0.5) is 14.5 Å². The fraction of sp³-hybridized carbons (Fsp3) is 0.273. The third kappa shape index (κ3) is 8.77. The molecule has 2 aromatic heterocycles. The SMILES string of the molecule is [B]C(=O)[C@H](CCc1ccc(-n2c(=O)c(C)cn(C)c2=O)nc1)NC(=O)c1cc(F)c(NS(=O)(=O)c2ccc(C(=O)NC(C)(C)C)cc2)cc1F. The molecule has 2 heterocycles. The zero-order chi connectivity index (χ0) is 37.1. The van der Waals surface area contributed by atoms with Gasteiger partial charge in [-0.05, 0) is 82.5 Å². The van der Waals surface area contributed by atoms with Gasteiger partial charge in [0.15, 0.2) is 7.85 Å². The number of sulfonamides is 1. The summed E-state index contributed by atoms with van der Waals surface area (Å²) >= 11 is 0. The van der Waals surface area contributed by atoms with Gasteiger partial charge in [0.1, 0.15) is 17.5 Å². The number of hydrogen-bond acceptors (Lipinski definition) is 8. The van der Waals surface area contributed by atoms with Crippen molar-refractivity contribution in [2.24, 2.45) is 7.05 Å². The Labute approximate surface area is 287 Å². The van der Waals surface area contributed by atoms with Gasteiger partial charge in [-0.2, -0.15) is 0 Å². The molecule has 2 aromatic carbocycles. The van der Waals surface area contributed by atoms with E-state index in [0.717, 1.165) is 16.7 Å². The van der Waals surface area contributed by atoms with Crippen molar-refractivity contribution in [1.29, 1.82) is 0 Å². The second kappa shape index (κ2) is 14.6. The van der Waals surface area contributed by atoms with Gasteiger partial charge in [0, 0.05) is 42.2 Å². The van der Waals surface area contributed by atoms with Crippen molar-refractivity contribution < 1.29 is 31.6 Å². The molecule has 260 valence electrons. The molecular weight excluding hydrogens is 673 g/mol. The minimum absolute atomic E-state index is 0.0737. The molecule has 13 nitrogen and oxygen atoms in total. The maximum Gasteiger partial charge on any atom is 0.336 e. The largest absolute Gasteiger partial charge is 0.347 e. The summed E-state index contributed by atoms with van der Waals surface area (Å²) in [6.45, 7) is 6.88. The quantitative estimate of drug-likeness (QED) is 0.199. The van der Waals surface area contributed by atoms with Crippen molar-refractivity contribution in [3.63, 3.8) is 0 Å². The molecule has 0 saturated carbocycles. The maximum atomic E-state index is 15.0. The van der Waals surface area contributed by atoms with E-state index in [4.69, 9.17) is 7.85 Å². The molecule has 1 atom stereocenters. The number of aromatic nitrogens is 3. The molecule has 4 aromatic rings. The number of pyridine rings is 1. The van der Waals surface area contributed by atoms with Gasteiger partial charge >= 0.3 is 5.69 Å². The molecule has 17 heteroatoms. The summed E-state index contributed by atoms with van der Waals surface area (Å²) in [6.07, 6.45) is 2.83. The Morgan fingerprint density at radius 1 is 0.980 bits per heavy atom. The first-order valence-electron chi connectivity index (χ1n) is 15.1. The van der Waals surface area contributed by atoms with Crippen LogP contribution in [0.1, 0.15) is 59.0 Å². The zero-order valence-electron chi connectivity index (χ0n) is 27.7. The Morgan fingerprint density at radius 2 is 1.64 bits per heavy atom. The zero-order valence-corrected chi connectivity index (χ0v) is 28.5. The number of amides is 2. The Kier molecular flexibility index (Phi) is 10.9. The molecule has 0 aliphatic heterocycles. The van der Waals surface area contributed by atoms with E-state index in [0.29, 0.717) is 23.3 Å². The van der Waals surface area contributed by atoms with Crippen molar-refractivity contribution >= 4 is 41.1 Å². The molecule has 0 unspecified atom stereocenters. The van der Waals surface area contributed by atoms with E-state index in [1.165, 1.54) is 42.2 Å². The van der Waals surface area contributed by atoms with Gasteiger partial charge in [-0.3, -0.25) is 19.1 Å².